The molecule has 0 unspecified atom stereocenters. The fraction of sp³-hybridized carbons (Fsp3) is 0. The summed E-state index contributed by atoms with van der Waals surface area (Å²) in [6.45, 7) is 0. The van der Waals surface area contributed by atoms with Crippen molar-refractivity contribution in [1.29, 1.82) is 0 Å². The van der Waals surface area contributed by atoms with Gasteiger partial charge >= 0.3 is 0 Å². The van der Waals surface area contributed by atoms with Crippen LogP contribution in [-0.2, 0) is 0 Å². The third-order valence-corrected chi connectivity index (χ3v) is 14.3. The minimum Gasteiger partial charge on any atom is -0.309 e. The first-order chi connectivity index (χ1) is 29.3. The first-order valence-electron chi connectivity index (χ1n) is 20.1. The van der Waals surface area contributed by atoms with Crippen molar-refractivity contribution in [3.05, 3.63) is 212 Å². The molecule has 0 bridgehead atoms. The highest BCUT2D eigenvalue weighted by Crippen LogP contribution is 2.51. The fourth-order valence-corrected chi connectivity index (χ4v) is 11.7. The lowest BCUT2D eigenvalue weighted by molar-refractivity contribution is 1.32. The van der Waals surface area contributed by atoms with Crippen LogP contribution < -0.4 is 4.90 Å². The standard InChI is InChI=1S/C56H35NS2/c1-3-15-36(16-4-1)42-23-11-25-46-53-49(27-13-29-51(53)58-55(42)46)57(50-28-14-30-52-54(50)47-26-12-24-43(56(47)59-52)37-17-5-2-6-18-37)40-33-31-38(32-34-40)48-35-39-19-7-8-20-41(39)44-21-9-10-22-45(44)48/h1-35H. The largest absolute Gasteiger partial charge is 0.309 e. The van der Waals surface area contributed by atoms with Gasteiger partial charge in [0.05, 0.1) is 11.4 Å². The normalized spacial score (nSPS) is 11.7. The molecule has 0 aliphatic rings. The molecule has 0 aliphatic carbocycles. The van der Waals surface area contributed by atoms with Crippen molar-refractivity contribution in [1.82, 2.24) is 0 Å². The van der Waals surface area contributed by atoms with Gasteiger partial charge < -0.3 is 4.90 Å². The number of benzene rings is 10. The Bertz CT molecular complexity index is 3390. The Morgan fingerprint density at radius 2 is 0.763 bits per heavy atom. The van der Waals surface area contributed by atoms with Crippen LogP contribution in [0, 0.1) is 0 Å². The Labute approximate surface area is 350 Å². The molecule has 1 nitrogen and oxygen atoms in total. The van der Waals surface area contributed by atoms with Gasteiger partial charge in [0.15, 0.2) is 0 Å². The Kier molecular flexibility index (Phi) is 7.97. The molecule has 3 heteroatoms. The minimum absolute atomic E-state index is 1.12. The first kappa shape index (κ1) is 34.0. The second-order valence-electron chi connectivity index (χ2n) is 15.2. The van der Waals surface area contributed by atoms with Crippen LogP contribution in [0.1, 0.15) is 0 Å². The zero-order chi connectivity index (χ0) is 38.9. The van der Waals surface area contributed by atoms with Gasteiger partial charge in [-0.05, 0) is 97.4 Å². The maximum absolute atomic E-state index is 2.52. The van der Waals surface area contributed by atoms with Crippen molar-refractivity contribution in [2.24, 2.45) is 0 Å². The summed E-state index contributed by atoms with van der Waals surface area (Å²) >= 11 is 3.78. The van der Waals surface area contributed by atoms with Gasteiger partial charge in [0.25, 0.3) is 0 Å². The van der Waals surface area contributed by atoms with E-state index in [1.807, 2.05) is 22.7 Å². The molecule has 0 N–H and O–H groups in total. The summed E-state index contributed by atoms with van der Waals surface area (Å²) in [5, 5.41) is 10.2. The highest BCUT2D eigenvalue weighted by Gasteiger charge is 2.23. The van der Waals surface area contributed by atoms with E-state index in [2.05, 4.69) is 217 Å². The Morgan fingerprint density at radius 1 is 0.305 bits per heavy atom. The first-order valence-corrected chi connectivity index (χ1v) is 21.7. The number of hydrogen-bond acceptors (Lipinski definition) is 3. The molecule has 0 atom stereocenters. The number of thiophene rings is 2. The van der Waals surface area contributed by atoms with Crippen LogP contribution in [0.4, 0.5) is 17.1 Å². The van der Waals surface area contributed by atoms with Crippen LogP contribution in [-0.4, -0.2) is 0 Å². The lowest BCUT2D eigenvalue weighted by atomic mass is 9.93. The number of anilines is 3. The molecule has 12 rings (SSSR count). The summed E-state index contributed by atoms with van der Waals surface area (Å²) in [5.41, 5.74) is 10.9. The molecule has 10 aromatic carbocycles. The van der Waals surface area contributed by atoms with Crippen LogP contribution in [0.15, 0.2) is 212 Å². The van der Waals surface area contributed by atoms with Crippen LogP contribution in [0.2, 0.25) is 0 Å². The summed E-state index contributed by atoms with van der Waals surface area (Å²) in [6.07, 6.45) is 0. The third kappa shape index (κ3) is 5.51. The maximum atomic E-state index is 2.52. The van der Waals surface area contributed by atoms with Crippen molar-refractivity contribution >= 4 is 102 Å². The van der Waals surface area contributed by atoms with Crippen molar-refractivity contribution in [2.45, 2.75) is 0 Å². The predicted octanol–water partition coefficient (Wildman–Crippen LogP) is 17.2. The van der Waals surface area contributed by atoms with E-state index in [0.29, 0.717) is 0 Å². The zero-order valence-electron chi connectivity index (χ0n) is 32.0. The van der Waals surface area contributed by atoms with E-state index in [9.17, 15) is 0 Å². The molecule has 2 aromatic heterocycles. The molecular weight excluding hydrogens is 751 g/mol. The summed E-state index contributed by atoms with van der Waals surface area (Å²) in [7, 11) is 0. The van der Waals surface area contributed by atoms with Gasteiger partial charge in [-0.2, -0.15) is 0 Å². The molecular formula is C56H35NS2. The smallest absolute Gasteiger partial charge is 0.0555 e. The molecule has 0 saturated heterocycles. The van der Waals surface area contributed by atoms with Gasteiger partial charge in [-0.15, -0.1) is 22.7 Å². The van der Waals surface area contributed by atoms with Crippen LogP contribution in [0.25, 0.3) is 95.3 Å². The van der Waals surface area contributed by atoms with Crippen molar-refractivity contribution in [3.8, 4) is 33.4 Å². The maximum Gasteiger partial charge on any atom is 0.0555 e. The number of rotatable bonds is 6. The molecule has 0 radical (unpaired) electrons. The second-order valence-corrected chi connectivity index (χ2v) is 17.3. The predicted molar refractivity (Wildman–Crippen MR) is 258 cm³/mol. The average Bonchev–Trinajstić information content (AvgIpc) is 3.89. The second kappa shape index (κ2) is 13.8. The van der Waals surface area contributed by atoms with E-state index < -0.39 is 0 Å². The van der Waals surface area contributed by atoms with Gasteiger partial charge in [-0.1, -0.05) is 170 Å². The Morgan fingerprint density at radius 3 is 1.34 bits per heavy atom. The third-order valence-electron chi connectivity index (χ3n) is 11.9. The molecule has 59 heavy (non-hydrogen) atoms. The quantitative estimate of drug-likeness (QED) is 0.152. The van der Waals surface area contributed by atoms with Gasteiger partial charge in [0.1, 0.15) is 0 Å². The van der Waals surface area contributed by atoms with Crippen LogP contribution in [0.3, 0.4) is 0 Å². The highest BCUT2D eigenvalue weighted by molar-refractivity contribution is 7.27. The Hall–Kier alpha value is -7.04. The van der Waals surface area contributed by atoms with Crippen LogP contribution >= 0.6 is 22.7 Å². The number of nitrogens with zero attached hydrogens (tertiary/aromatic N) is 1. The van der Waals surface area contributed by atoms with E-state index in [-0.39, 0.29) is 0 Å². The molecule has 0 fully saturated rings. The van der Waals surface area contributed by atoms with Gasteiger partial charge in [-0.3, -0.25) is 0 Å². The molecule has 0 spiro atoms. The minimum atomic E-state index is 1.12. The van der Waals surface area contributed by atoms with Crippen LogP contribution in [0.5, 0.6) is 0 Å². The van der Waals surface area contributed by atoms with Gasteiger partial charge in [-0.25, -0.2) is 0 Å². The molecule has 276 valence electrons. The molecule has 2 heterocycles. The lowest BCUT2D eigenvalue weighted by Crippen LogP contribution is -2.10. The molecule has 0 amide bonds. The fourth-order valence-electron chi connectivity index (χ4n) is 9.21. The molecule has 0 aliphatic heterocycles. The molecule has 12 aromatic rings. The monoisotopic (exact) mass is 785 g/mol. The van der Waals surface area contributed by atoms with Crippen molar-refractivity contribution in [2.75, 3.05) is 4.90 Å². The van der Waals surface area contributed by atoms with E-state index in [0.717, 1.165) is 5.69 Å². The zero-order valence-corrected chi connectivity index (χ0v) is 33.6. The topological polar surface area (TPSA) is 3.24 Å². The van der Waals surface area contributed by atoms with Gasteiger partial charge in [0, 0.05) is 46.0 Å². The van der Waals surface area contributed by atoms with E-state index in [1.165, 1.54) is 107 Å². The summed E-state index contributed by atoms with van der Waals surface area (Å²) in [5.74, 6) is 0. The summed E-state index contributed by atoms with van der Waals surface area (Å²) in [4.78, 5) is 2.52. The average molecular weight is 786 g/mol. The van der Waals surface area contributed by atoms with E-state index >= 15 is 0 Å². The SMILES string of the molecule is c1ccc(-c2cccc3c2sc2cccc(N(c4ccc(-c5cc6ccccc6c6ccccc56)cc4)c4cccc5sc6c(-c7ccccc7)cccc6c45)c23)cc1. The van der Waals surface area contributed by atoms with Gasteiger partial charge in [0.2, 0.25) is 0 Å². The van der Waals surface area contributed by atoms with Crippen molar-refractivity contribution < 1.29 is 0 Å². The van der Waals surface area contributed by atoms with E-state index in [4.69, 9.17) is 0 Å². The number of hydrogen-bond donors (Lipinski definition) is 0. The molecule has 0 saturated carbocycles. The van der Waals surface area contributed by atoms with E-state index in [1.54, 1.807) is 0 Å². The van der Waals surface area contributed by atoms with Crippen molar-refractivity contribution in [3.63, 3.8) is 0 Å². The Balaban J connectivity index is 1.11. The summed E-state index contributed by atoms with van der Waals surface area (Å²) < 4.78 is 5.18. The highest BCUT2D eigenvalue weighted by atomic mass is 32.1. The lowest BCUT2D eigenvalue weighted by Gasteiger charge is -2.28. The number of fused-ring (bicyclic) bond motifs is 9. The summed E-state index contributed by atoms with van der Waals surface area (Å²) in [6, 6.07) is 78.1.